The summed E-state index contributed by atoms with van der Waals surface area (Å²) in [4.78, 5) is 4.22. The van der Waals surface area contributed by atoms with E-state index in [1.165, 1.54) is 12.1 Å². The van der Waals surface area contributed by atoms with E-state index in [9.17, 15) is 4.39 Å². The summed E-state index contributed by atoms with van der Waals surface area (Å²) >= 11 is 5.80. The minimum atomic E-state index is -0.434. The van der Waals surface area contributed by atoms with Crippen molar-refractivity contribution in [3.63, 3.8) is 0 Å². The number of nitriles is 1. The lowest BCUT2D eigenvalue weighted by Gasteiger charge is -2.11. The van der Waals surface area contributed by atoms with E-state index in [1.807, 2.05) is 6.92 Å². The second-order valence-corrected chi connectivity index (χ2v) is 4.60. The van der Waals surface area contributed by atoms with Gasteiger partial charge in [-0.2, -0.15) is 5.26 Å². The lowest BCUT2D eigenvalue weighted by molar-refractivity contribution is 0.628. The maximum atomic E-state index is 13.3. The number of hydrogen-bond acceptors (Lipinski definition) is 3. The Morgan fingerprint density at radius 3 is 2.63 bits per heavy atom. The highest BCUT2D eigenvalue weighted by atomic mass is 35.5. The molecule has 0 aliphatic rings. The molecule has 2 aromatic rings. The van der Waals surface area contributed by atoms with E-state index < -0.39 is 5.82 Å². The fourth-order valence-corrected chi connectivity index (χ4v) is 2.07. The van der Waals surface area contributed by atoms with Crippen molar-refractivity contribution in [3.05, 3.63) is 52.1 Å². The molecule has 0 unspecified atom stereocenters. The molecule has 0 atom stereocenters. The van der Waals surface area contributed by atoms with Crippen molar-refractivity contribution in [2.45, 2.75) is 13.8 Å². The van der Waals surface area contributed by atoms with Crippen molar-refractivity contribution in [1.29, 1.82) is 5.26 Å². The van der Waals surface area contributed by atoms with Crippen LogP contribution in [0.4, 0.5) is 15.8 Å². The van der Waals surface area contributed by atoms with Gasteiger partial charge in [-0.05, 0) is 38.1 Å². The van der Waals surface area contributed by atoms with Crippen molar-refractivity contribution in [1.82, 2.24) is 4.98 Å². The van der Waals surface area contributed by atoms with Crippen LogP contribution in [-0.4, -0.2) is 4.98 Å². The third kappa shape index (κ3) is 3.01. The van der Waals surface area contributed by atoms with E-state index >= 15 is 0 Å². The molecule has 0 spiro atoms. The molecule has 0 aliphatic carbocycles. The predicted octanol–water partition coefficient (Wildman–Crippen LogP) is 4.11. The zero-order valence-corrected chi connectivity index (χ0v) is 11.2. The Bertz CT molecular complexity index is 657. The van der Waals surface area contributed by atoms with Gasteiger partial charge in [0.15, 0.2) is 0 Å². The van der Waals surface area contributed by atoms with E-state index in [1.54, 1.807) is 19.1 Å². The quantitative estimate of drug-likeness (QED) is 0.897. The highest BCUT2D eigenvalue weighted by Crippen LogP contribution is 2.25. The summed E-state index contributed by atoms with van der Waals surface area (Å²) in [5, 5.41) is 12.4. The summed E-state index contributed by atoms with van der Waals surface area (Å²) in [7, 11) is 0. The first-order valence-corrected chi connectivity index (χ1v) is 5.99. The summed E-state index contributed by atoms with van der Waals surface area (Å²) < 4.78 is 13.3. The van der Waals surface area contributed by atoms with E-state index in [0.29, 0.717) is 27.7 Å². The van der Waals surface area contributed by atoms with Crippen LogP contribution in [0, 0.1) is 31.0 Å². The van der Waals surface area contributed by atoms with Gasteiger partial charge in [0.2, 0.25) is 0 Å². The van der Waals surface area contributed by atoms with Crippen molar-refractivity contribution in [2.75, 3.05) is 5.32 Å². The molecule has 1 N–H and O–H groups in total. The topological polar surface area (TPSA) is 48.7 Å². The summed E-state index contributed by atoms with van der Waals surface area (Å²) in [6.07, 6.45) is 0. The minimum Gasteiger partial charge on any atom is -0.354 e. The monoisotopic (exact) mass is 275 g/mol. The minimum absolute atomic E-state index is 0.295. The smallest absolute Gasteiger partial charge is 0.126 e. The summed E-state index contributed by atoms with van der Waals surface area (Å²) in [5.41, 5.74) is 2.93. The molecular weight excluding hydrogens is 265 g/mol. The third-order valence-electron chi connectivity index (χ3n) is 2.58. The van der Waals surface area contributed by atoms with Gasteiger partial charge in [0.25, 0.3) is 0 Å². The highest BCUT2D eigenvalue weighted by Gasteiger charge is 2.09. The van der Waals surface area contributed by atoms with Gasteiger partial charge < -0.3 is 5.32 Å². The van der Waals surface area contributed by atoms with Gasteiger partial charge >= 0.3 is 0 Å². The molecule has 19 heavy (non-hydrogen) atoms. The molecule has 2 rings (SSSR count). The fourth-order valence-electron chi connectivity index (χ4n) is 1.85. The molecule has 96 valence electrons. The Hall–Kier alpha value is -2.12. The van der Waals surface area contributed by atoms with E-state index in [2.05, 4.69) is 16.4 Å². The van der Waals surface area contributed by atoms with Gasteiger partial charge in [-0.1, -0.05) is 11.6 Å². The molecule has 1 aromatic carbocycles. The number of hydrogen-bond donors (Lipinski definition) is 1. The largest absolute Gasteiger partial charge is 0.354 e. The van der Waals surface area contributed by atoms with Gasteiger partial charge in [-0.3, -0.25) is 4.98 Å². The molecule has 1 aromatic heterocycles. The van der Waals surface area contributed by atoms with Crippen LogP contribution in [0.5, 0.6) is 0 Å². The van der Waals surface area contributed by atoms with Crippen LogP contribution in [-0.2, 0) is 0 Å². The first-order valence-electron chi connectivity index (χ1n) is 5.61. The number of benzene rings is 1. The Labute approximate surface area is 115 Å². The number of rotatable bonds is 2. The molecular formula is C14H11ClFN3. The van der Waals surface area contributed by atoms with Crippen LogP contribution in [0.3, 0.4) is 0 Å². The van der Waals surface area contributed by atoms with Gasteiger partial charge in [0.05, 0.1) is 16.9 Å². The Morgan fingerprint density at radius 2 is 2.00 bits per heavy atom. The number of anilines is 2. The first-order chi connectivity index (χ1) is 8.99. The summed E-state index contributed by atoms with van der Waals surface area (Å²) in [5.74, 6) is -0.434. The van der Waals surface area contributed by atoms with Crippen LogP contribution in [0.15, 0.2) is 24.3 Å². The Morgan fingerprint density at radius 1 is 1.26 bits per heavy atom. The maximum Gasteiger partial charge on any atom is 0.126 e. The third-order valence-corrected chi connectivity index (χ3v) is 2.80. The van der Waals surface area contributed by atoms with E-state index in [-0.39, 0.29) is 0 Å². The lowest BCUT2D eigenvalue weighted by Crippen LogP contribution is -2.00. The van der Waals surface area contributed by atoms with E-state index in [0.717, 1.165) is 5.69 Å². The summed E-state index contributed by atoms with van der Waals surface area (Å²) in [6.45, 7) is 3.59. The maximum absolute atomic E-state index is 13.3. The number of halogens is 2. The molecule has 0 radical (unpaired) electrons. The highest BCUT2D eigenvalue weighted by molar-refractivity contribution is 6.30. The molecule has 5 heteroatoms. The van der Waals surface area contributed by atoms with Crippen molar-refractivity contribution >= 4 is 23.0 Å². The van der Waals surface area contributed by atoms with Gasteiger partial charge in [-0.15, -0.1) is 0 Å². The Balaban J connectivity index is 2.46. The molecule has 0 amide bonds. The first kappa shape index (κ1) is 13.3. The lowest BCUT2D eigenvalue weighted by atomic mass is 10.1. The normalized spacial score (nSPS) is 10.1. The average molecular weight is 276 g/mol. The van der Waals surface area contributed by atoms with E-state index in [4.69, 9.17) is 16.9 Å². The molecule has 1 heterocycles. The number of nitrogens with one attached hydrogen (secondary N) is 1. The van der Waals surface area contributed by atoms with Crippen LogP contribution < -0.4 is 5.32 Å². The zero-order chi connectivity index (χ0) is 14.0. The standard InChI is InChI=1S/C14H11ClFN3/c1-8-3-14(13(7-17)9(2)18-8)19-12-5-10(15)4-11(16)6-12/h3-6H,1-2H3,(H,18,19). The predicted molar refractivity (Wildman–Crippen MR) is 73.1 cm³/mol. The molecule has 0 saturated carbocycles. The number of aryl methyl sites for hydroxylation is 2. The average Bonchev–Trinajstić information content (AvgIpc) is 2.26. The fraction of sp³-hybridized carbons (Fsp3) is 0.143. The van der Waals surface area contributed by atoms with Crippen molar-refractivity contribution in [3.8, 4) is 6.07 Å². The molecule has 0 fully saturated rings. The van der Waals surface area contributed by atoms with Gasteiger partial charge in [-0.25, -0.2) is 4.39 Å². The van der Waals surface area contributed by atoms with Crippen molar-refractivity contribution in [2.24, 2.45) is 0 Å². The number of aromatic nitrogens is 1. The molecule has 3 nitrogen and oxygen atoms in total. The van der Waals surface area contributed by atoms with Gasteiger partial charge in [0.1, 0.15) is 11.9 Å². The second-order valence-electron chi connectivity index (χ2n) is 4.17. The number of pyridine rings is 1. The second kappa shape index (κ2) is 5.25. The van der Waals surface area contributed by atoms with Crippen molar-refractivity contribution < 1.29 is 4.39 Å². The van der Waals surface area contributed by atoms with Crippen LogP contribution in [0.25, 0.3) is 0 Å². The zero-order valence-electron chi connectivity index (χ0n) is 10.5. The van der Waals surface area contributed by atoms with Crippen LogP contribution >= 0.6 is 11.6 Å². The van der Waals surface area contributed by atoms with Gasteiger partial charge in [0, 0.05) is 16.4 Å². The van der Waals surface area contributed by atoms with Crippen LogP contribution in [0.1, 0.15) is 17.0 Å². The van der Waals surface area contributed by atoms with Crippen LogP contribution in [0.2, 0.25) is 5.02 Å². The summed E-state index contributed by atoms with van der Waals surface area (Å²) in [6, 6.07) is 7.96. The number of nitrogens with zero attached hydrogens (tertiary/aromatic N) is 2. The molecule has 0 saturated heterocycles. The molecule has 0 bridgehead atoms. The SMILES string of the molecule is Cc1cc(Nc2cc(F)cc(Cl)c2)c(C#N)c(C)n1. The molecule has 0 aliphatic heterocycles. The Kier molecular flexibility index (Phi) is 3.68.